The Morgan fingerprint density at radius 1 is 1.20 bits per heavy atom. The van der Waals surface area contributed by atoms with E-state index in [4.69, 9.17) is 21.4 Å². The molecular formula is C26H21BrClN3O4. The van der Waals surface area contributed by atoms with Crippen molar-refractivity contribution in [2.24, 2.45) is 5.10 Å². The van der Waals surface area contributed by atoms with Crippen LogP contribution < -0.4 is 10.3 Å². The lowest BCUT2D eigenvalue weighted by atomic mass is 10.1. The first kappa shape index (κ1) is 24.6. The normalized spacial score (nSPS) is 11.5. The van der Waals surface area contributed by atoms with Crippen LogP contribution in [0.3, 0.4) is 0 Å². The molecule has 9 heteroatoms. The number of hydrogen-bond acceptors (Lipinski definition) is 5. The molecule has 0 saturated carbocycles. The summed E-state index contributed by atoms with van der Waals surface area (Å²) in [6.07, 6.45) is 1.55. The highest BCUT2D eigenvalue weighted by atomic mass is 79.9. The highest BCUT2D eigenvalue weighted by molar-refractivity contribution is 9.10. The lowest BCUT2D eigenvalue weighted by Gasteiger charge is -2.12. The zero-order valence-electron chi connectivity index (χ0n) is 18.9. The molecule has 178 valence electrons. The van der Waals surface area contributed by atoms with E-state index in [0.29, 0.717) is 38.6 Å². The van der Waals surface area contributed by atoms with Crippen LogP contribution in [0.2, 0.25) is 5.02 Å². The maximum absolute atomic E-state index is 13.1. The first-order valence-electron chi connectivity index (χ1n) is 10.7. The summed E-state index contributed by atoms with van der Waals surface area (Å²) >= 11 is 9.80. The van der Waals surface area contributed by atoms with Gasteiger partial charge in [-0.1, -0.05) is 53.5 Å². The number of ether oxygens (including phenoxy) is 1. The van der Waals surface area contributed by atoms with E-state index in [-0.39, 0.29) is 23.6 Å². The van der Waals surface area contributed by atoms with Crippen molar-refractivity contribution in [3.63, 3.8) is 0 Å². The Hall–Kier alpha value is -3.49. The van der Waals surface area contributed by atoms with Gasteiger partial charge in [-0.2, -0.15) is 9.78 Å². The first-order chi connectivity index (χ1) is 16.7. The molecule has 7 nitrogen and oxygen atoms in total. The van der Waals surface area contributed by atoms with Crippen LogP contribution in [0, 0.1) is 0 Å². The van der Waals surface area contributed by atoms with E-state index < -0.39 is 5.97 Å². The van der Waals surface area contributed by atoms with E-state index in [9.17, 15) is 9.59 Å². The largest absolute Gasteiger partial charge is 0.487 e. The van der Waals surface area contributed by atoms with Crippen molar-refractivity contribution in [1.29, 1.82) is 0 Å². The van der Waals surface area contributed by atoms with Crippen LogP contribution >= 0.6 is 27.5 Å². The van der Waals surface area contributed by atoms with E-state index in [1.807, 2.05) is 19.9 Å². The number of aromatic carboxylic acids is 1. The predicted octanol–water partition coefficient (Wildman–Crippen LogP) is 6.10. The summed E-state index contributed by atoms with van der Waals surface area (Å²) in [7, 11) is 0. The van der Waals surface area contributed by atoms with Crippen LogP contribution in [0.1, 0.15) is 47.1 Å². The fourth-order valence-electron chi connectivity index (χ4n) is 3.45. The molecule has 0 unspecified atom stereocenters. The summed E-state index contributed by atoms with van der Waals surface area (Å²) in [5.74, 6) is -0.0214. The zero-order chi connectivity index (χ0) is 25.1. The summed E-state index contributed by atoms with van der Waals surface area (Å²) in [6, 6.07) is 17.0. The summed E-state index contributed by atoms with van der Waals surface area (Å²) in [5.41, 5.74) is 1.93. The van der Waals surface area contributed by atoms with Crippen molar-refractivity contribution in [1.82, 2.24) is 9.66 Å². The van der Waals surface area contributed by atoms with Crippen molar-refractivity contribution >= 4 is 50.6 Å². The molecule has 1 aromatic heterocycles. The molecule has 0 aliphatic heterocycles. The van der Waals surface area contributed by atoms with Gasteiger partial charge in [0.05, 0.1) is 27.7 Å². The second-order valence-corrected chi connectivity index (χ2v) is 9.45. The molecular weight excluding hydrogens is 534 g/mol. The van der Waals surface area contributed by atoms with Gasteiger partial charge >= 0.3 is 5.97 Å². The monoisotopic (exact) mass is 553 g/mol. The van der Waals surface area contributed by atoms with Crippen LogP contribution in [0.15, 0.2) is 75.0 Å². The molecule has 0 fully saturated rings. The van der Waals surface area contributed by atoms with Crippen LogP contribution in [-0.4, -0.2) is 27.0 Å². The Bertz CT molecular complexity index is 1510. The van der Waals surface area contributed by atoms with E-state index in [2.05, 4.69) is 26.0 Å². The van der Waals surface area contributed by atoms with Gasteiger partial charge in [-0.25, -0.2) is 9.78 Å². The topological polar surface area (TPSA) is 93.8 Å². The number of fused-ring (bicyclic) bond motifs is 1. The first-order valence-corrected chi connectivity index (χ1v) is 11.9. The van der Waals surface area contributed by atoms with E-state index in [0.717, 1.165) is 4.47 Å². The number of rotatable bonds is 7. The van der Waals surface area contributed by atoms with Gasteiger partial charge in [-0.15, -0.1) is 0 Å². The molecule has 0 bridgehead atoms. The van der Waals surface area contributed by atoms with Gasteiger partial charge < -0.3 is 9.84 Å². The number of carboxylic acid groups (broad SMARTS) is 1. The number of aromatic nitrogens is 2. The number of carbonyl (C=O) groups is 1. The molecule has 0 aliphatic carbocycles. The van der Waals surface area contributed by atoms with Gasteiger partial charge in [0.25, 0.3) is 5.56 Å². The summed E-state index contributed by atoms with van der Waals surface area (Å²) in [5, 5.41) is 14.4. The molecule has 1 heterocycles. The molecule has 0 atom stereocenters. The van der Waals surface area contributed by atoms with E-state index >= 15 is 0 Å². The minimum atomic E-state index is -0.998. The molecule has 4 aromatic rings. The van der Waals surface area contributed by atoms with E-state index in [1.54, 1.807) is 54.7 Å². The smallest absolute Gasteiger partial charge is 0.335 e. The molecule has 1 N–H and O–H groups in total. The maximum Gasteiger partial charge on any atom is 0.335 e. The number of hydrogen-bond donors (Lipinski definition) is 1. The summed E-state index contributed by atoms with van der Waals surface area (Å²) in [4.78, 5) is 28.9. The minimum absolute atomic E-state index is 0.0214. The Morgan fingerprint density at radius 3 is 2.71 bits per heavy atom. The SMILES string of the molecule is CC(C)c1nc2ccc(Br)cc2c(=O)n1N=Cc1ccc(OCc2cccc(C(=O)O)c2)c(Cl)c1. The third kappa shape index (κ3) is 5.61. The second-order valence-electron chi connectivity index (χ2n) is 8.13. The van der Waals surface area contributed by atoms with Gasteiger partial charge in [-0.3, -0.25) is 4.79 Å². The van der Waals surface area contributed by atoms with Crippen molar-refractivity contribution in [3.8, 4) is 5.75 Å². The average molecular weight is 555 g/mol. The Kier molecular flexibility index (Phi) is 7.33. The van der Waals surface area contributed by atoms with Crippen LogP contribution in [0.5, 0.6) is 5.75 Å². The highest BCUT2D eigenvalue weighted by Crippen LogP contribution is 2.26. The lowest BCUT2D eigenvalue weighted by Crippen LogP contribution is -2.23. The molecule has 3 aromatic carbocycles. The number of benzene rings is 3. The summed E-state index contributed by atoms with van der Waals surface area (Å²) < 4.78 is 7.86. The Labute approximate surface area is 214 Å². The molecule has 0 spiro atoms. The average Bonchev–Trinajstić information content (AvgIpc) is 2.83. The van der Waals surface area contributed by atoms with Crippen LogP contribution in [0.25, 0.3) is 10.9 Å². The van der Waals surface area contributed by atoms with Gasteiger partial charge in [0.15, 0.2) is 0 Å². The zero-order valence-corrected chi connectivity index (χ0v) is 21.2. The number of halogens is 2. The third-order valence-electron chi connectivity index (χ3n) is 5.20. The lowest BCUT2D eigenvalue weighted by molar-refractivity contribution is 0.0696. The molecule has 0 saturated heterocycles. The highest BCUT2D eigenvalue weighted by Gasteiger charge is 2.14. The van der Waals surface area contributed by atoms with Gasteiger partial charge in [0, 0.05) is 10.4 Å². The fraction of sp³-hybridized carbons (Fsp3) is 0.154. The Balaban J connectivity index is 1.58. The molecule has 0 radical (unpaired) electrons. The molecule has 35 heavy (non-hydrogen) atoms. The summed E-state index contributed by atoms with van der Waals surface area (Å²) in [6.45, 7) is 4.07. The minimum Gasteiger partial charge on any atom is -0.487 e. The van der Waals surface area contributed by atoms with Crippen molar-refractivity contribution < 1.29 is 14.6 Å². The predicted molar refractivity (Wildman–Crippen MR) is 140 cm³/mol. The van der Waals surface area contributed by atoms with Gasteiger partial charge in [0.2, 0.25) is 0 Å². The van der Waals surface area contributed by atoms with Crippen molar-refractivity contribution in [2.75, 3.05) is 0 Å². The van der Waals surface area contributed by atoms with E-state index in [1.165, 1.54) is 10.7 Å². The second kappa shape index (κ2) is 10.4. The number of nitrogens with zero attached hydrogens (tertiary/aromatic N) is 3. The fourth-order valence-corrected chi connectivity index (χ4v) is 4.05. The molecule has 4 rings (SSSR count). The van der Waals surface area contributed by atoms with Crippen molar-refractivity contribution in [3.05, 3.63) is 103 Å². The maximum atomic E-state index is 13.1. The third-order valence-corrected chi connectivity index (χ3v) is 5.98. The standard InChI is InChI=1S/C26H21BrClN3O4/c1-15(2)24-30-22-8-7-19(27)12-20(22)25(32)31(24)29-13-16-6-9-23(21(28)11-16)35-14-17-4-3-5-18(10-17)26(33)34/h3-13,15H,14H2,1-2H3,(H,33,34). The number of carboxylic acids is 1. The van der Waals surface area contributed by atoms with Crippen LogP contribution in [0.4, 0.5) is 0 Å². The Morgan fingerprint density at radius 2 is 2.00 bits per heavy atom. The quantitative estimate of drug-likeness (QED) is 0.279. The van der Waals surface area contributed by atoms with Gasteiger partial charge in [0.1, 0.15) is 18.2 Å². The molecule has 0 aliphatic rings. The molecule has 0 amide bonds. The van der Waals surface area contributed by atoms with Gasteiger partial charge in [-0.05, 0) is 59.7 Å². The van der Waals surface area contributed by atoms with Crippen LogP contribution in [-0.2, 0) is 6.61 Å². The van der Waals surface area contributed by atoms with Crippen molar-refractivity contribution in [2.45, 2.75) is 26.4 Å².